The number of rotatable bonds is 2. The summed E-state index contributed by atoms with van der Waals surface area (Å²) in [5.74, 6) is -0.306. The van der Waals surface area contributed by atoms with Crippen molar-refractivity contribution in [3.63, 3.8) is 0 Å². The summed E-state index contributed by atoms with van der Waals surface area (Å²) in [6.07, 6.45) is 3.72. The van der Waals surface area contributed by atoms with E-state index in [-0.39, 0.29) is 5.92 Å². The Morgan fingerprint density at radius 2 is 1.89 bits per heavy atom. The van der Waals surface area contributed by atoms with Crippen molar-refractivity contribution in [2.75, 3.05) is 0 Å². The molecular formula is C15H11ClN3+. The number of benzene rings is 1. The summed E-state index contributed by atoms with van der Waals surface area (Å²) in [7, 11) is 0. The molecule has 0 saturated carbocycles. The number of hydrogen-bond donors (Lipinski definition) is 1. The Bertz CT molecular complexity index is 756. The van der Waals surface area contributed by atoms with E-state index in [4.69, 9.17) is 11.6 Å². The first-order valence-corrected chi connectivity index (χ1v) is 6.30. The Kier molecular flexibility index (Phi) is 2.94. The number of H-pyrrole nitrogens is 1. The van der Waals surface area contributed by atoms with E-state index >= 15 is 0 Å². The van der Waals surface area contributed by atoms with Crippen molar-refractivity contribution >= 4 is 17.2 Å². The van der Waals surface area contributed by atoms with Crippen LogP contribution in [0.4, 0.5) is 0 Å². The number of aromatic amines is 1. The lowest BCUT2D eigenvalue weighted by Crippen LogP contribution is -2.17. The third-order valence-electron chi connectivity index (χ3n) is 3.06. The van der Waals surface area contributed by atoms with Crippen molar-refractivity contribution in [3.8, 4) is 6.07 Å². The molecule has 0 spiro atoms. The summed E-state index contributed by atoms with van der Waals surface area (Å²) in [6.45, 7) is 0. The van der Waals surface area contributed by atoms with Crippen molar-refractivity contribution in [2.24, 2.45) is 0 Å². The van der Waals surface area contributed by atoms with E-state index in [9.17, 15) is 5.26 Å². The van der Waals surface area contributed by atoms with Crippen LogP contribution in [-0.2, 0) is 0 Å². The maximum Gasteiger partial charge on any atom is 0.284 e. The minimum atomic E-state index is -0.306. The highest BCUT2D eigenvalue weighted by atomic mass is 35.5. The highest BCUT2D eigenvalue weighted by molar-refractivity contribution is 6.30. The Balaban J connectivity index is 2.10. The molecule has 0 bridgehead atoms. The molecule has 0 aliphatic heterocycles. The third-order valence-corrected chi connectivity index (χ3v) is 3.29. The van der Waals surface area contributed by atoms with Crippen molar-refractivity contribution in [3.05, 3.63) is 71.1 Å². The number of hydrogen-bond acceptors (Lipinski definition) is 1. The van der Waals surface area contributed by atoms with Crippen LogP contribution in [0, 0.1) is 11.3 Å². The quantitative estimate of drug-likeness (QED) is 0.713. The first-order valence-electron chi connectivity index (χ1n) is 5.92. The van der Waals surface area contributed by atoms with Crippen LogP contribution in [0.2, 0.25) is 5.02 Å². The molecule has 3 rings (SSSR count). The Hall–Kier alpha value is -2.31. The molecule has 4 heteroatoms. The predicted octanol–water partition coefficient (Wildman–Crippen LogP) is 3.06. The molecule has 19 heavy (non-hydrogen) atoms. The predicted molar refractivity (Wildman–Crippen MR) is 72.9 cm³/mol. The van der Waals surface area contributed by atoms with E-state index in [0.29, 0.717) is 5.02 Å². The van der Waals surface area contributed by atoms with Crippen LogP contribution in [-0.4, -0.2) is 4.98 Å². The number of pyridine rings is 1. The number of nitrogens with one attached hydrogen (secondary N) is 1. The zero-order chi connectivity index (χ0) is 13.2. The van der Waals surface area contributed by atoms with Crippen LogP contribution < -0.4 is 4.40 Å². The van der Waals surface area contributed by atoms with Crippen molar-refractivity contribution < 1.29 is 4.40 Å². The van der Waals surface area contributed by atoms with Crippen molar-refractivity contribution in [1.82, 2.24) is 4.98 Å². The lowest BCUT2D eigenvalue weighted by Gasteiger charge is -2.02. The third kappa shape index (κ3) is 2.18. The second-order valence-electron chi connectivity index (χ2n) is 4.32. The fraction of sp³-hybridized carbons (Fsp3) is 0.0667. The number of imidazole rings is 1. The van der Waals surface area contributed by atoms with Crippen LogP contribution in [0.1, 0.15) is 17.2 Å². The number of halogens is 1. The van der Waals surface area contributed by atoms with Crippen LogP contribution in [0.3, 0.4) is 0 Å². The molecule has 1 unspecified atom stereocenters. The van der Waals surface area contributed by atoms with Gasteiger partial charge in [-0.05, 0) is 11.6 Å². The van der Waals surface area contributed by atoms with Crippen molar-refractivity contribution in [1.29, 1.82) is 5.26 Å². The van der Waals surface area contributed by atoms with Gasteiger partial charge in [0, 0.05) is 6.07 Å². The van der Waals surface area contributed by atoms with Crippen LogP contribution in [0.5, 0.6) is 0 Å². The van der Waals surface area contributed by atoms with E-state index in [1.165, 1.54) is 0 Å². The molecule has 2 aromatic heterocycles. The molecule has 0 saturated heterocycles. The summed E-state index contributed by atoms with van der Waals surface area (Å²) in [5.41, 5.74) is 2.75. The SMILES string of the molecule is N#CC(c1ccccc1)c1c[n+]2cc(Cl)ccc2[nH]1. The van der Waals surface area contributed by atoms with Crippen LogP contribution >= 0.6 is 11.6 Å². The van der Waals surface area contributed by atoms with Gasteiger partial charge in [0.25, 0.3) is 5.65 Å². The van der Waals surface area contributed by atoms with E-state index < -0.39 is 0 Å². The summed E-state index contributed by atoms with van der Waals surface area (Å²) in [4.78, 5) is 3.25. The molecule has 1 aromatic carbocycles. The second kappa shape index (κ2) is 4.75. The molecule has 2 heterocycles. The first kappa shape index (κ1) is 11.8. The van der Waals surface area contributed by atoms with Gasteiger partial charge in [-0.15, -0.1) is 0 Å². The summed E-state index contributed by atoms with van der Waals surface area (Å²) in [5, 5.41) is 10.1. The molecule has 3 aromatic rings. The molecule has 92 valence electrons. The fourth-order valence-corrected chi connectivity index (χ4v) is 2.32. The number of fused-ring (bicyclic) bond motifs is 1. The van der Waals surface area contributed by atoms with Gasteiger partial charge in [-0.1, -0.05) is 41.9 Å². The Labute approximate surface area is 115 Å². The first-order chi connectivity index (χ1) is 9.28. The molecule has 3 nitrogen and oxygen atoms in total. The van der Waals surface area contributed by atoms with E-state index in [0.717, 1.165) is 16.9 Å². The minimum absolute atomic E-state index is 0.306. The monoisotopic (exact) mass is 268 g/mol. The number of aromatic nitrogens is 2. The molecule has 0 radical (unpaired) electrons. The zero-order valence-corrected chi connectivity index (χ0v) is 10.8. The lowest BCUT2D eigenvalue weighted by atomic mass is 9.98. The molecule has 0 amide bonds. The fourth-order valence-electron chi connectivity index (χ4n) is 2.15. The normalized spacial score (nSPS) is 12.2. The average Bonchev–Trinajstić information content (AvgIpc) is 2.83. The van der Waals surface area contributed by atoms with Gasteiger partial charge >= 0.3 is 0 Å². The van der Waals surface area contributed by atoms with Gasteiger partial charge in [0.15, 0.2) is 5.69 Å². The maximum absolute atomic E-state index is 9.41. The summed E-state index contributed by atoms with van der Waals surface area (Å²) in [6, 6.07) is 15.8. The zero-order valence-electron chi connectivity index (χ0n) is 10.0. The molecular weight excluding hydrogens is 258 g/mol. The van der Waals surface area contributed by atoms with Gasteiger partial charge in [0.2, 0.25) is 0 Å². The summed E-state index contributed by atoms with van der Waals surface area (Å²) >= 11 is 5.96. The van der Waals surface area contributed by atoms with E-state index in [1.807, 2.05) is 59.3 Å². The van der Waals surface area contributed by atoms with Gasteiger partial charge < -0.3 is 0 Å². The average molecular weight is 269 g/mol. The Morgan fingerprint density at radius 3 is 2.63 bits per heavy atom. The highest BCUT2D eigenvalue weighted by Crippen LogP contribution is 2.22. The molecule has 1 N–H and O–H groups in total. The second-order valence-corrected chi connectivity index (χ2v) is 4.76. The molecule has 0 aliphatic carbocycles. The van der Waals surface area contributed by atoms with Crippen LogP contribution in [0.15, 0.2) is 54.9 Å². The number of nitrogens with zero attached hydrogens (tertiary/aromatic N) is 2. The smallest absolute Gasteiger partial charge is 0.239 e. The topological polar surface area (TPSA) is 43.7 Å². The highest BCUT2D eigenvalue weighted by Gasteiger charge is 2.20. The van der Waals surface area contributed by atoms with Crippen molar-refractivity contribution in [2.45, 2.75) is 5.92 Å². The van der Waals surface area contributed by atoms with Crippen LogP contribution in [0.25, 0.3) is 5.65 Å². The van der Waals surface area contributed by atoms with Gasteiger partial charge in [0.05, 0.1) is 11.1 Å². The van der Waals surface area contributed by atoms with E-state index in [1.54, 1.807) is 0 Å². The number of nitriles is 1. The minimum Gasteiger partial charge on any atom is -0.239 e. The molecule has 0 aliphatic rings. The van der Waals surface area contributed by atoms with Gasteiger partial charge in [-0.25, -0.2) is 9.38 Å². The maximum atomic E-state index is 9.41. The standard InChI is InChI=1S/C15H10ClN3/c16-12-6-7-15-18-14(10-19(15)9-12)13(8-17)11-4-2-1-3-5-11/h1-7,9-10,13H/p+1. The van der Waals surface area contributed by atoms with Gasteiger partial charge in [0.1, 0.15) is 18.3 Å². The van der Waals surface area contributed by atoms with Gasteiger partial charge in [-0.2, -0.15) is 5.26 Å². The molecule has 0 fully saturated rings. The largest absolute Gasteiger partial charge is 0.284 e. The lowest BCUT2D eigenvalue weighted by molar-refractivity contribution is -0.510. The summed E-state index contributed by atoms with van der Waals surface area (Å²) < 4.78 is 1.89. The van der Waals surface area contributed by atoms with E-state index in [2.05, 4.69) is 11.1 Å². The molecule has 1 atom stereocenters. The van der Waals surface area contributed by atoms with Gasteiger partial charge in [-0.3, -0.25) is 0 Å². The Morgan fingerprint density at radius 1 is 1.11 bits per heavy atom.